The number of fused-ring (bicyclic) bond motifs is 1. The molecule has 0 unspecified atom stereocenters. The highest BCUT2D eigenvalue weighted by Gasteiger charge is 2.20. The van der Waals surface area contributed by atoms with Gasteiger partial charge in [-0.2, -0.15) is 0 Å². The van der Waals surface area contributed by atoms with Crippen molar-refractivity contribution in [3.63, 3.8) is 0 Å². The van der Waals surface area contributed by atoms with Crippen molar-refractivity contribution in [1.29, 1.82) is 0 Å². The Morgan fingerprint density at radius 2 is 2.36 bits per heavy atom. The first-order valence-electron chi connectivity index (χ1n) is 7.45. The van der Waals surface area contributed by atoms with Crippen molar-refractivity contribution in [3.8, 4) is 11.5 Å². The van der Waals surface area contributed by atoms with Gasteiger partial charge in [-0.15, -0.1) is 0 Å². The van der Waals surface area contributed by atoms with Gasteiger partial charge in [0.2, 0.25) is 0 Å². The maximum absolute atomic E-state index is 12.3. The van der Waals surface area contributed by atoms with Crippen LogP contribution < -0.4 is 20.1 Å². The van der Waals surface area contributed by atoms with Crippen LogP contribution in [0.25, 0.3) is 6.08 Å². The highest BCUT2D eigenvalue weighted by atomic mass is 16.5. The average Bonchev–Trinajstić information content (AvgIpc) is 2.59. The molecule has 0 atom stereocenters. The lowest BCUT2D eigenvalue weighted by molar-refractivity contribution is -0.117. The number of methoxy groups -OCH3 is 1. The number of hydrogen-bond donors (Lipinski definition) is 2. The van der Waals surface area contributed by atoms with Gasteiger partial charge in [-0.1, -0.05) is 23.8 Å². The van der Waals surface area contributed by atoms with Crippen LogP contribution in [-0.2, 0) is 4.79 Å². The van der Waals surface area contributed by atoms with Crippen molar-refractivity contribution in [1.82, 2.24) is 10.6 Å². The molecule has 2 N–H and O–H groups in total. The fourth-order valence-corrected chi connectivity index (χ4v) is 2.61. The second-order valence-electron chi connectivity index (χ2n) is 5.34. The third-order valence-electron chi connectivity index (χ3n) is 3.86. The van der Waals surface area contributed by atoms with Gasteiger partial charge >= 0.3 is 0 Å². The zero-order chi connectivity index (χ0) is 15.4. The lowest BCUT2D eigenvalue weighted by Gasteiger charge is -2.20. The molecule has 0 radical (unpaired) electrons. The molecule has 0 spiro atoms. The molecule has 22 heavy (non-hydrogen) atoms. The smallest absolute Gasteiger partial charge is 0.250 e. The number of hydrogen-bond acceptors (Lipinski definition) is 4. The van der Waals surface area contributed by atoms with E-state index >= 15 is 0 Å². The van der Waals surface area contributed by atoms with E-state index in [1.54, 1.807) is 7.11 Å². The number of carbonyl (C=O) groups excluding carboxylic acids is 1. The van der Waals surface area contributed by atoms with Crippen LogP contribution in [0.15, 0.2) is 35.4 Å². The fourth-order valence-electron chi connectivity index (χ4n) is 2.61. The second-order valence-corrected chi connectivity index (χ2v) is 5.34. The van der Waals surface area contributed by atoms with E-state index in [4.69, 9.17) is 9.47 Å². The summed E-state index contributed by atoms with van der Waals surface area (Å²) in [5, 5.41) is 6.22. The van der Waals surface area contributed by atoms with Crippen LogP contribution in [0.5, 0.6) is 11.5 Å². The van der Waals surface area contributed by atoms with Crippen molar-refractivity contribution in [2.24, 2.45) is 0 Å². The van der Waals surface area contributed by atoms with Crippen molar-refractivity contribution < 1.29 is 14.3 Å². The Bertz CT molecular complexity index is 635. The molecular weight excluding hydrogens is 280 g/mol. The molecule has 0 bridgehead atoms. The summed E-state index contributed by atoms with van der Waals surface area (Å²) < 4.78 is 11.0. The van der Waals surface area contributed by atoms with Gasteiger partial charge in [0, 0.05) is 18.7 Å². The quantitative estimate of drug-likeness (QED) is 0.828. The van der Waals surface area contributed by atoms with E-state index in [1.807, 2.05) is 24.3 Å². The van der Waals surface area contributed by atoms with Crippen molar-refractivity contribution in [2.75, 3.05) is 33.4 Å². The molecule has 0 saturated carbocycles. The van der Waals surface area contributed by atoms with Gasteiger partial charge in [0.1, 0.15) is 6.61 Å². The Hall–Kier alpha value is -2.27. The number of rotatable bonds is 4. The van der Waals surface area contributed by atoms with Crippen molar-refractivity contribution in [3.05, 3.63) is 41.0 Å². The highest BCUT2D eigenvalue weighted by Crippen LogP contribution is 2.35. The molecule has 3 rings (SSSR count). The molecule has 1 amide bonds. The Labute approximate surface area is 130 Å². The van der Waals surface area contributed by atoms with Gasteiger partial charge in [0.25, 0.3) is 5.91 Å². The molecule has 1 aromatic rings. The average molecular weight is 300 g/mol. The summed E-state index contributed by atoms with van der Waals surface area (Å²) in [7, 11) is 1.61. The maximum Gasteiger partial charge on any atom is 0.250 e. The highest BCUT2D eigenvalue weighted by molar-refractivity contribution is 5.99. The Morgan fingerprint density at radius 1 is 1.45 bits per heavy atom. The van der Waals surface area contributed by atoms with Crippen molar-refractivity contribution in [2.45, 2.75) is 6.42 Å². The fraction of sp³-hybridized carbons (Fsp3) is 0.353. The number of ether oxygens (including phenoxy) is 2. The molecule has 0 aliphatic carbocycles. The van der Waals surface area contributed by atoms with E-state index in [-0.39, 0.29) is 12.5 Å². The zero-order valence-electron chi connectivity index (χ0n) is 12.6. The molecule has 0 aromatic heterocycles. The topological polar surface area (TPSA) is 59.6 Å². The molecule has 2 aliphatic rings. The maximum atomic E-state index is 12.3. The lowest BCUT2D eigenvalue weighted by atomic mass is 10.1. The Kier molecular flexibility index (Phi) is 4.44. The predicted octanol–water partition coefficient (Wildman–Crippen LogP) is 1.51. The Morgan fingerprint density at radius 3 is 3.14 bits per heavy atom. The van der Waals surface area contributed by atoms with Crippen LogP contribution in [0.3, 0.4) is 0 Å². The molecule has 2 heterocycles. The summed E-state index contributed by atoms with van der Waals surface area (Å²) in [6.45, 7) is 2.72. The number of benzene rings is 1. The summed E-state index contributed by atoms with van der Waals surface area (Å²) in [5.41, 5.74) is 2.78. The third-order valence-corrected chi connectivity index (χ3v) is 3.86. The SMILES string of the molecule is COc1cccc2c1OCC(C(=O)NCC1=CCNCC1)=C2. The van der Waals surface area contributed by atoms with E-state index in [0.717, 1.165) is 25.1 Å². The van der Waals surface area contributed by atoms with Crippen LogP contribution in [-0.4, -0.2) is 39.3 Å². The normalized spacial score (nSPS) is 16.8. The van der Waals surface area contributed by atoms with Gasteiger partial charge in [-0.25, -0.2) is 0 Å². The number of nitrogens with one attached hydrogen (secondary N) is 2. The van der Waals surface area contributed by atoms with Gasteiger partial charge in [-0.3, -0.25) is 4.79 Å². The third kappa shape index (κ3) is 3.14. The molecule has 116 valence electrons. The van der Waals surface area contributed by atoms with Crippen molar-refractivity contribution >= 4 is 12.0 Å². The minimum Gasteiger partial charge on any atom is -0.493 e. The van der Waals surface area contributed by atoms with Gasteiger partial charge in [-0.05, 0) is 25.1 Å². The van der Waals surface area contributed by atoms with Crippen LogP contribution in [0.4, 0.5) is 0 Å². The molecule has 5 nitrogen and oxygen atoms in total. The van der Waals surface area contributed by atoms with E-state index in [2.05, 4.69) is 16.7 Å². The summed E-state index contributed by atoms with van der Waals surface area (Å²) in [5.74, 6) is 1.31. The minimum absolute atomic E-state index is 0.0760. The summed E-state index contributed by atoms with van der Waals surface area (Å²) in [6, 6.07) is 5.65. The first-order chi connectivity index (χ1) is 10.8. The predicted molar refractivity (Wildman–Crippen MR) is 85.0 cm³/mol. The molecular formula is C17H20N2O3. The van der Waals surface area contributed by atoms with E-state index in [0.29, 0.717) is 23.6 Å². The van der Waals surface area contributed by atoms with Crippen LogP contribution in [0.1, 0.15) is 12.0 Å². The summed E-state index contributed by atoms with van der Waals surface area (Å²) >= 11 is 0. The van der Waals surface area contributed by atoms with E-state index < -0.39 is 0 Å². The van der Waals surface area contributed by atoms with Crippen LogP contribution in [0.2, 0.25) is 0 Å². The first kappa shape index (κ1) is 14.7. The molecule has 0 fully saturated rings. The molecule has 5 heteroatoms. The van der Waals surface area contributed by atoms with E-state index in [9.17, 15) is 4.79 Å². The number of carbonyl (C=O) groups is 1. The van der Waals surface area contributed by atoms with Gasteiger partial charge in [0.05, 0.1) is 12.7 Å². The Balaban J connectivity index is 1.68. The van der Waals surface area contributed by atoms with Gasteiger partial charge < -0.3 is 20.1 Å². The zero-order valence-corrected chi connectivity index (χ0v) is 12.6. The first-order valence-corrected chi connectivity index (χ1v) is 7.45. The minimum atomic E-state index is -0.0760. The monoisotopic (exact) mass is 300 g/mol. The molecule has 0 saturated heterocycles. The van der Waals surface area contributed by atoms with E-state index in [1.165, 1.54) is 5.57 Å². The van der Waals surface area contributed by atoms with Crippen LogP contribution >= 0.6 is 0 Å². The summed E-state index contributed by atoms with van der Waals surface area (Å²) in [6.07, 6.45) is 4.99. The van der Waals surface area contributed by atoms with Crippen LogP contribution in [0, 0.1) is 0 Å². The number of amides is 1. The molecule has 1 aromatic carbocycles. The largest absolute Gasteiger partial charge is 0.493 e. The standard InChI is InChI=1S/C17H20N2O3/c1-21-15-4-2-3-13-9-14(11-22-16(13)15)17(20)19-10-12-5-7-18-8-6-12/h2-5,9,18H,6-8,10-11H2,1H3,(H,19,20). The number of para-hydroxylation sites is 1. The molecule has 2 aliphatic heterocycles. The lowest BCUT2D eigenvalue weighted by Crippen LogP contribution is -2.32. The van der Waals surface area contributed by atoms with Gasteiger partial charge in [0.15, 0.2) is 11.5 Å². The second kappa shape index (κ2) is 6.66. The summed E-state index contributed by atoms with van der Waals surface area (Å²) in [4.78, 5) is 12.3.